The molecule has 1 aliphatic rings. The molecule has 2 amide bonds. The van der Waals surface area contributed by atoms with Crippen molar-refractivity contribution in [2.24, 2.45) is 12.8 Å². The number of amides is 2. The van der Waals surface area contributed by atoms with Gasteiger partial charge in [-0.1, -0.05) is 12.1 Å². The summed E-state index contributed by atoms with van der Waals surface area (Å²) in [5, 5.41) is 13.2. The summed E-state index contributed by atoms with van der Waals surface area (Å²) in [7, 11) is 1.53. The molecule has 0 radical (unpaired) electrons. The van der Waals surface area contributed by atoms with Crippen LogP contribution in [0.1, 0.15) is 25.3 Å². The Labute approximate surface area is 197 Å². The Bertz CT molecular complexity index is 1660. The Morgan fingerprint density at radius 1 is 1.11 bits per heavy atom. The molecule has 4 N–H and O–H groups in total. The number of oxazole rings is 1. The monoisotopic (exact) mass is 471 g/mol. The zero-order valence-corrected chi connectivity index (χ0v) is 18.7. The fourth-order valence-corrected chi connectivity index (χ4v) is 4.40. The molecule has 1 aliphatic carbocycles. The highest BCUT2D eigenvalue weighted by molar-refractivity contribution is 5.91. The highest BCUT2D eigenvalue weighted by Gasteiger charge is 2.29. The minimum Gasteiger partial charge on any atom is -0.501 e. The zero-order valence-electron chi connectivity index (χ0n) is 18.7. The Hall–Kier alpha value is -4.67. The number of hydrogen-bond acceptors (Lipinski definition) is 7. The third-order valence-electron chi connectivity index (χ3n) is 6.36. The fraction of sp³-hybridized carbons (Fsp3) is 0.208. The summed E-state index contributed by atoms with van der Waals surface area (Å²) >= 11 is 0. The SMILES string of the molecule is Cn1c(-c2nc3ccc(NC(N)=O)cc3n2C2CCC2)nc(-c2nc3ccccc3o2)c(O)c1=O. The quantitative estimate of drug-likeness (QED) is 0.362. The Balaban J connectivity index is 1.59. The number of carbonyl (C=O) groups is 1. The van der Waals surface area contributed by atoms with Gasteiger partial charge in [0.2, 0.25) is 11.6 Å². The summed E-state index contributed by atoms with van der Waals surface area (Å²) in [4.78, 5) is 38.2. The van der Waals surface area contributed by atoms with Crippen LogP contribution in [-0.2, 0) is 7.05 Å². The maximum absolute atomic E-state index is 13.0. The highest BCUT2D eigenvalue weighted by Crippen LogP contribution is 2.39. The predicted molar refractivity (Wildman–Crippen MR) is 129 cm³/mol. The smallest absolute Gasteiger partial charge is 0.316 e. The molecule has 35 heavy (non-hydrogen) atoms. The van der Waals surface area contributed by atoms with E-state index < -0.39 is 17.3 Å². The van der Waals surface area contributed by atoms with E-state index in [1.54, 1.807) is 30.3 Å². The molecule has 3 aromatic heterocycles. The van der Waals surface area contributed by atoms with Crippen molar-refractivity contribution in [1.82, 2.24) is 24.1 Å². The molecular formula is C24H21N7O4. The minimum atomic E-state index is -0.662. The standard InChI is InChI=1S/C24H21N7O4/c1-30-20(29-18(19(32)23(30)33)22-28-15-7-2-3-8-17(15)35-22)21-27-14-10-9-12(26-24(25)34)11-16(14)31(21)13-5-4-6-13/h2-3,7-11,13,32H,4-6H2,1H3,(H3,25,26,34). The number of hydrogen-bond donors (Lipinski definition) is 3. The molecule has 0 saturated heterocycles. The number of aromatic nitrogens is 5. The van der Waals surface area contributed by atoms with Crippen molar-refractivity contribution in [3.63, 3.8) is 0 Å². The van der Waals surface area contributed by atoms with E-state index in [0.29, 0.717) is 28.1 Å². The average molecular weight is 471 g/mol. The number of carbonyl (C=O) groups excluding carboxylic acids is 1. The van der Waals surface area contributed by atoms with Crippen molar-refractivity contribution in [3.05, 3.63) is 52.8 Å². The first-order valence-corrected chi connectivity index (χ1v) is 11.2. The lowest BCUT2D eigenvalue weighted by atomic mass is 9.92. The molecule has 0 atom stereocenters. The van der Waals surface area contributed by atoms with E-state index in [-0.39, 0.29) is 23.5 Å². The van der Waals surface area contributed by atoms with Crippen molar-refractivity contribution >= 4 is 33.9 Å². The number of fused-ring (bicyclic) bond motifs is 2. The Morgan fingerprint density at radius 3 is 2.63 bits per heavy atom. The van der Waals surface area contributed by atoms with Crippen LogP contribution in [0.15, 0.2) is 51.7 Å². The second-order valence-corrected chi connectivity index (χ2v) is 8.57. The van der Waals surface area contributed by atoms with Crippen LogP contribution >= 0.6 is 0 Å². The van der Waals surface area contributed by atoms with Crippen molar-refractivity contribution in [2.75, 3.05) is 5.32 Å². The lowest BCUT2D eigenvalue weighted by Gasteiger charge is -2.29. The molecule has 11 heteroatoms. The summed E-state index contributed by atoms with van der Waals surface area (Å²) in [6.45, 7) is 0. The molecule has 11 nitrogen and oxygen atoms in total. The number of nitrogens with one attached hydrogen (secondary N) is 1. The number of nitrogens with zero attached hydrogens (tertiary/aromatic N) is 5. The molecule has 5 aromatic rings. The van der Waals surface area contributed by atoms with Crippen LogP contribution in [0.2, 0.25) is 0 Å². The third kappa shape index (κ3) is 3.31. The van der Waals surface area contributed by atoms with Crippen molar-refractivity contribution in [3.8, 4) is 29.0 Å². The van der Waals surface area contributed by atoms with E-state index in [1.807, 2.05) is 16.7 Å². The van der Waals surface area contributed by atoms with Crippen LogP contribution in [0.3, 0.4) is 0 Å². The molecule has 1 fully saturated rings. The van der Waals surface area contributed by atoms with Gasteiger partial charge < -0.3 is 25.1 Å². The molecule has 176 valence electrons. The van der Waals surface area contributed by atoms with Crippen molar-refractivity contribution in [2.45, 2.75) is 25.3 Å². The second-order valence-electron chi connectivity index (χ2n) is 8.57. The van der Waals surface area contributed by atoms with Gasteiger partial charge in [0.15, 0.2) is 22.9 Å². The van der Waals surface area contributed by atoms with Gasteiger partial charge in [-0.3, -0.25) is 9.36 Å². The van der Waals surface area contributed by atoms with Crippen LogP contribution in [0.25, 0.3) is 45.4 Å². The van der Waals surface area contributed by atoms with E-state index in [2.05, 4.69) is 15.3 Å². The van der Waals surface area contributed by atoms with Gasteiger partial charge in [0.25, 0.3) is 5.56 Å². The van der Waals surface area contributed by atoms with Crippen molar-refractivity contribution in [1.29, 1.82) is 0 Å². The van der Waals surface area contributed by atoms with E-state index in [0.717, 1.165) is 24.8 Å². The van der Waals surface area contributed by atoms with Gasteiger partial charge in [0.1, 0.15) is 5.52 Å². The van der Waals surface area contributed by atoms with Gasteiger partial charge in [-0.15, -0.1) is 0 Å². The molecule has 2 aromatic carbocycles. The van der Waals surface area contributed by atoms with Gasteiger partial charge in [0.05, 0.1) is 11.0 Å². The second kappa shape index (κ2) is 7.69. The molecule has 3 heterocycles. The third-order valence-corrected chi connectivity index (χ3v) is 6.36. The first-order chi connectivity index (χ1) is 16.9. The highest BCUT2D eigenvalue weighted by atomic mass is 16.4. The van der Waals surface area contributed by atoms with Gasteiger partial charge in [-0.25, -0.2) is 19.7 Å². The molecular weight excluding hydrogens is 450 g/mol. The molecule has 0 bridgehead atoms. The van der Waals surface area contributed by atoms with Crippen LogP contribution in [-0.4, -0.2) is 35.2 Å². The Morgan fingerprint density at radius 2 is 1.91 bits per heavy atom. The van der Waals surface area contributed by atoms with Crippen LogP contribution in [0.4, 0.5) is 10.5 Å². The number of nitrogens with two attached hydrogens (primary N) is 1. The average Bonchev–Trinajstić information content (AvgIpc) is 3.38. The fourth-order valence-electron chi connectivity index (χ4n) is 4.40. The van der Waals surface area contributed by atoms with Gasteiger partial charge >= 0.3 is 6.03 Å². The van der Waals surface area contributed by atoms with E-state index >= 15 is 0 Å². The molecule has 1 saturated carbocycles. The number of imidazole rings is 1. The molecule has 0 unspecified atom stereocenters. The topological polar surface area (TPSA) is 154 Å². The maximum Gasteiger partial charge on any atom is 0.316 e. The first kappa shape index (κ1) is 20.9. The summed E-state index contributed by atoms with van der Waals surface area (Å²) in [5.41, 5.74) is 7.69. The van der Waals surface area contributed by atoms with Gasteiger partial charge in [-0.05, 0) is 49.6 Å². The van der Waals surface area contributed by atoms with Gasteiger partial charge in [-0.2, -0.15) is 0 Å². The predicted octanol–water partition coefficient (Wildman–Crippen LogP) is 3.53. The van der Waals surface area contributed by atoms with Crippen LogP contribution in [0, 0.1) is 0 Å². The largest absolute Gasteiger partial charge is 0.501 e. The normalized spacial score (nSPS) is 13.9. The number of anilines is 1. The molecule has 0 spiro atoms. The number of urea groups is 1. The van der Waals surface area contributed by atoms with Crippen LogP contribution < -0.4 is 16.6 Å². The van der Waals surface area contributed by atoms with Gasteiger partial charge in [0, 0.05) is 18.8 Å². The van der Waals surface area contributed by atoms with Crippen molar-refractivity contribution < 1.29 is 14.3 Å². The summed E-state index contributed by atoms with van der Waals surface area (Å²) in [5.74, 6) is 0.222. The molecule has 6 rings (SSSR count). The van der Waals surface area contributed by atoms with E-state index in [4.69, 9.17) is 15.1 Å². The lowest BCUT2D eigenvalue weighted by Crippen LogP contribution is -2.24. The molecule has 0 aliphatic heterocycles. The number of primary amides is 1. The first-order valence-electron chi connectivity index (χ1n) is 11.2. The minimum absolute atomic E-state index is 0.0434. The van der Waals surface area contributed by atoms with E-state index in [9.17, 15) is 14.7 Å². The van der Waals surface area contributed by atoms with E-state index in [1.165, 1.54) is 11.6 Å². The lowest BCUT2D eigenvalue weighted by molar-refractivity contribution is 0.259. The van der Waals surface area contributed by atoms with Crippen LogP contribution in [0.5, 0.6) is 5.75 Å². The Kier molecular flexibility index (Phi) is 4.59. The number of rotatable bonds is 4. The summed E-state index contributed by atoms with van der Waals surface area (Å²) in [6, 6.07) is 11.9. The number of benzene rings is 2. The number of aromatic hydroxyl groups is 1. The maximum atomic E-state index is 13.0. The summed E-state index contributed by atoms with van der Waals surface area (Å²) in [6.07, 6.45) is 2.95. The zero-order chi connectivity index (χ0) is 24.3. The summed E-state index contributed by atoms with van der Waals surface area (Å²) < 4.78 is 9.07. The number of para-hydroxylation sites is 2.